The van der Waals surface area contributed by atoms with Gasteiger partial charge in [-0.2, -0.15) is 0 Å². The highest BCUT2D eigenvalue weighted by atomic mass is 19.1. The third kappa shape index (κ3) is 4.04. The number of benzene rings is 2. The van der Waals surface area contributed by atoms with Crippen LogP contribution in [0.3, 0.4) is 0 Å². The van der Waals surface area contributed by atoms with E-state index in [1.165, 1.54) is 31.4 Å². The molecule has 28 heavy (non-hydrogen) atoms. The van der Waals surface area contributed by atoms with Crippen molar-refractivity contribution < 1.29 is 23.5 Å². The lowest BCUT2D eigenvalue weighted by molar-refractivity contribution is -0.137. The topological polar surface area (TPSA) is 67.9 Å². The number of nitrogens with one attached hydrogen (secondary N) is 1. The third-order valence-corrected chi connectivity index (χ3v) is 4.25. The lowest BCUT2D eigenvalue weighted by Gasteiger charge is -2.14. The quantitative estimate of drug-likeness (QED) is 0.709. The van der Waals surface area contributed by atoms with Gasteiger partial charge >= 0.3 is 0 Å². The van der Waals surface area contributed by atoms with Crippen LogP contribution < -0.4 is 10.1 Å². The van der Waals surface area contributed by atoms with Crippen LogP contribution in [0.1, 0.15) is 12.5 Å². The van der Waals surface area contributed by atoms with Gasteiger partial charge in [0.2, 0.25) is 0 Å². The molecule has 0 bridgehead atoms. The average Bonchev–Trinajstić information content (AvgIpc) is 2.92. The number of amides is 2. The molecule has 0 atom stereocenters. The number of rotatable bonds is 8. The van der Waals surface area contributed by atoms with Crippen molar-refractivity contribution in [3.05, 3.63) is 65.6 Å². The van der Waals surface area contributed by atoms with Crippen molar-refractivity contribution >= 4 is 23.1 Å². The number of ether oxygens (including phenoxy) is 2. The van der Waals surface area contributed by atoms with Gasteiger partial charge in [-0.1, -0.05) is 12.1 Å². The number of methoxy groups -OCH3 is 1. The summed E-state index contributed by atoms with van der Waals surface area (Å²) in [6, 6.07) is 12.5. The Morgan fingerprint density at radius 1 is 1.00 bits per heavy atom. The number of anilines is 1. The SMILES string of the molecule is CCOc1ccc(NC2=C(c3ccc(F)cc3)C(=O)N(CCOC)C2=O)cc1. The van der Waals surface area contributed by atoms with E-state index in [0.29, 0.717) is 23.6 Å². The van der Waals surface area contributed by atoms with E-state index in [9.17, 15) is 14.0 Å². The maximum atomic E-state index is 13.3. The van der Waals surface area contributed by atoms with Crippen molar-refractivity contribution in [2.24, 2.45) is 0 Å². The van der Waals surface area contributed by atoms with Crippen molar-refractivity contribution in [1.29, 1.82) is 0 Å². The minimum absolute atomic E-state index is 0.132. The van der Waals surface area contributed by atoms with Crippen LogP contribution in [-0.2, 0) is 14.3 Å². The van der Waals surface area contributed by atoms with Gasteiger partial charge in [-0.05, 0) is 48.9 Å². The van der Waals surface area contributed by atoms with E-state index in [1.54, 1.807) is 24.3 Å². The third-order valence-electron chi connectivity index (χ3n) is 4.25. The van der Waals surface area contributed by atoms with Crippen molar-refractivity contribution in [3.63, 3.8) is 0 Å². The van der Waals surface area contributed by atoms with E-state index in [1.807, 2.05) is 6.92 Å². The Morgan fingerprint density at radius 2 is 1.68 bits per heavy atom. The molecule has 1 aliphatic rings. The van der Waals surface area contributed by atoms with Gasteiger partial charge in [-0.25, -0.2) is 4.39 Å². The summed E-state index contributed by atoms with van der Waals surface area (Å²) in [5, 5.41) is 3.04. The van der Waals surface area contributed by atoms with Crippen LogP contribution in [0.15, 0.2) is 54.2 Å². The molecular formula is C21H21FN2O4. The summed E-state index contributed by atoms with van der Waals surface area (Å²) >= 11 is 0. The second kappa shape index (κ2) is 8.67. The molecule has 0 saturated heterocycles. The zero-order valence-electron chi connectivity index (χ0n) is 15.7. The molecule has 7 heteroatoms. The van der Waals surface area contributed by atoms with Crippen LogP contribution in [0.25, 0.3) is 5.57 Å². The Kier molecular flexibility index (Phi) is 6.06. The molecule has 1 aliphatic heterocycles. The number of halogens is 1. The monoisotopic (exact) mass is 384 g/mol. The fourth-order valence-corrected chi connectivity index (χ4v) is 2.91. The van der Waals surface area contributed by atoms with Crippen LogP contribution in [0.4, 0.5) is 10.1 Å². The summed E-state index contributed by atoms with van der Waals surface area (Å²) in [6.07, 6.45) is 0. The molecule has 1 heterocycles. The van der Waals surface area contributed by atoms with Gasteiger partial charge in [0, 0.05) is 12.8 Å². The molecule has 0 unspecified atom stereocenters. The molecule has 0 spiro atoms. The largest absolute Gasteiger partial charge is 0.494 e. The molecule has 6 nitrogen and oxygen atoms in total. The van der Waals surface area contributed by atoms with E-state index in [2.05, 4.69) is 5.32 Å². The molecule has 0 fully saturated rings. The Hall–Kier alpha value is -3.19. The van der Waals surface area contributed by atoms with Crippen LogP contribution >= 0.6 is 0 Å². The molecule has 1 N–H and O–H groups in total. The average molecular weight is 384 g/mol. The molecule has 3 rings (SSSR count). The normalized spacial score (nSPS) is 14.0. The Balaban J connectivity index is 1.96. The molecule has 2 aromatic carbocycles. The predicted molar refractivity (Wildman–Crippen MR) is 103 cm³/mol. The summed E-state index contributed by atoms with van der Waals surface area (Å²) in [4.78, 5) is 26.9. The standard InChI is InChI=1S/C21H21FN2O4/c1-3-28-17-10-8-16(9-11-17)23-19-18(14-4-6-15(22)7-5-14)20(25)24(21(19)26)12-13-27-2/h4-11,23H,3,12-13H2,1-2H3. The van der Waals surface area contributed by atoms with Crippen molar-refractivity contribution in [1.82, 2.24) is 4.90 Å². The molecule has 2 amide bonds. The summed E-state index contributed by atoms with van der Waals surface area (Å²) in [5.41, 5.74) is 1.45. The highest BCUT2D eigenvalue weighted by Crippen LogP contribution is 2.31. The van der Waals surface area contributed by atoms with Crippen LogP contribution in [0, 0.1) is 5.82 Å². The molecule has 0 radical (unpaired) electrons. The van der Waals surface area contributed by atoms with Gasteiger partial charge in [0.25, 0.3) is 11.8 Å². The Bertz CT molecular complexity index is 892. The summed E-state index contributed by atoms with van der Waals surface area (Å²) < 4.78 is 23.7. The first-order valence-corrected chi connectivity index (χ1v) is 8.90. The lowest BCUT2D eigenvalue weighted by Crippen LogP contribution is -2.35. The van der Waals surface area contributed by atoms with Gasteiger partial charge in [0.1, 0.15) is 17.3 Å². The maximum absolute atomic E-state index is 13.3. The zero-order valence-corrected chi connectivity index (χ0v) is 15.7. The minimum Gasteiger partial charge on any atom is -0.494 e. The first-order valence-electron chi connectivity index (χ1n) is 8.90. The van der Waals surface area contributed by atoms with Crippen LogP contribution in [0.5, 0.6) is 5.75 Å². The molecular weight excluding hydrogens is 363 g/mol. The highest BCUT2D eigenvalue weighted by molar-refractivity contribution is 6.36. The molecule has 0 aliphatic carbocycles. The summed E-state index contributed by atoms with van der Waals surface area (Å²) in [7, 11) is 1.50. The Labute approximate surface area is 162 Å². The number of carbonyl (C=O) groups is 2. The zero-order chi connectivity index (χ0) is 20.1. The van der Waals surface area contributed by atoms with Gasteiger partial charge < -0.3 is 14.8 Å². The van der Waals surface area contributed by atoms with E-state index in [0.717, 1.165) is 4.90 Å². The fourth-order valence-electron chi connectivity index (χ4n) is 2.91. The number of carbonyl (C=O) groups excluding carboxylic acids is 2. The number of hydrogen-bond acceptors (Lipinski definition) is 5. The molecule has 0 aromatic heterocycles. The fraction of sp³-hybridized carbons (Fsp3) is 0.238. The first-order chi connectivity index (χ1) is 13.5. The highest BCUT2D eigenvalue weighted by Gasteiger charge is 2.38. The van der Waals surface area contributed by atoms with E-state index < -0.39 is 17.6 Å². The lowest BCUT2D eigenvalue weighted by atomic mass is 10.0. The van der Waals surface area contributed by atoms with Gasteiger partial charge in [-0.15, -0.1) is 0 Å². The van der Waals surface area contributed by atoms with Gasteiger partial charge in [0.05, 0.1) is 25.3 Å². The van der Waals surface area contributed by atoms with Crippen molar-refractivity contribution in [3.8, 4) is 5.75 Å². The minimum atomic E-state index is -0.449. The van der Waals surface area contributed by atoms with Gasteiger partial charge in [-0.3, -0.25) is 14.5 Å². The van der Waals surface area contributed by atoms with Crippen molar-refractivity contribution in [2.45, 2.75) is 6.92 Å². The molecule has 0 saturated carbocycles. The number of nitrogens with zero attached hydrogens (tertiary/aromatic N) is 1. The van der Waals surface area contributed by atoms with E-state index >= 15 is 0 Å². The first kappa shape index (κ1) is 19.6. The van der Waals surface area contributed by atoms with Gasteiger partial charge in [0.15, 0.2) is 0 Å². The summed E-state index contributed by atoms with van der Waals surface area (Å²) in [5.74, 6) is -0.605. The van der Waals surface area contributed by atoms with Crippen molar-refractivity contribution in [2.75, 3.05) is 32.2 Å². The second-order valence-corrected chi connectivity index (χ2v) is 6.09. The van der Waals surface area contributed by atoms with Crippen LogP contribution in [0.2, 0.25) is 0 Å². The maximum Gasteiger partial charge on any atom is 0.278 e. The second-order valence-electron chi connectivity index (χ2n) is 6.09. The number of hydrogen-bond donors (Lipinski definition) is 1. The van der Waals surface area contributed by atoms with Crippen LogP contribution in [-0.4, -0.2) is 43.6 Å². The summed E-state index contributed by atoms with van der Waals surface area (Å²) in [6.45, 7) is 2.80. The predicted octanol–water partition coefficient (Wildman–Crippen LogP) is 3.06. The number of imide groups is 1. The molecule has 146 valence electrons. The Morgan fingerprint density at radius 3 is 2.29 bits per heavy atom. The smallest absolute Gasteiger partial charge is 0.278 e. The molecule has 2 aromatic rings. The van der Waals surface area contributed by atoms with E-state index in [-0.39, 0.29) is 24.4 Å². The van der Waals surface area contributed by atoms with E-state index in [4.69, 9.17) is 9.47 Å².